The van der Waals surface area contributed by atoms with Crippen LogP contribution < -0.4 is 0 Å². The zero-order chi connectivity index (χ0) is 24.5. The largest absolute Gasteiger partial charge is 0.393 e. The topological polar surface area (TPSA) is 118 Å². The van der Waals surface area contributed by atoms with Gasteiger partial charge in [0.1, 0.15) is 5.78 Å². The Hall–Kier alpha value is -0.530. The van der Waals surface area contributed by atoms with Crippen LogP contribution in [0.15, 0.2) is 0 Å². The molecule has 4 aliphatic carbocycles. The average molecular weight is 467 g/mol. The van der Waals surface area contributed by atoms with E-state index in [1.54, 1.807) is 0 Å². The molecule has 33 heavy (non-hydrogen) atoms. The van der Waals surface area contributed by atoms with Gasteiger partial charge in [0, 0.05) is 24.2 Å². The number of aliphatic hydroxyl groups excluding tert-OH is 5. The van der Waals surface area contributed by atoms with Crippen molar-refractivity contribution in [2.75, 3.05) is 0 Å². The third-order valence-corrected chi connectivity index (χ3v) is 10.7. The second kappa shape index (κ2) is 8.85. The fourth-order valence-corrected chi connectivity index (χ4v) is 9.24. The molecule has 0 aromatic rings. The Morgan fingerprint density at radius 2 is 1.55 bits per heavy atom. The number of hydrogen-bond acceptors (Lipinski definition) is 6. The maximum Gasteiger partial charge on any atom is 0.137 e. The molecule has 0 bridgehead atoms. The molecule has 0 aromatic heterocycles. The first-order chi connectivity index (χ1) is 15.3. The summed E-state index contributed by atoms with van der Waals surface area (Å²) in [6.07, 6.45) is 0.257. The predicted molar refractivity (Wildman–Crippen MR) is 125 cm³/mol. The molecular weight excluding hydrogens is 420 g/mol. The van der Waals surface area contributed by atoms with E-state index in [1.165, 1.54) is 0 Å². The molecule has 4 saturated carbocycles. The van der Waals surface area contributed by atoms with Crippen LogP contribution in [-0.2, 0) is 4.79 Å². The number of fused-ring (bicyclic) bond motifs is 5. The van der Waals surface area contributed by atoms with Crippen molar-refractivity contribution in [1.82, 2.24) is 0 Å². The summed E-state index contributed by atoms with van der Waals surface area (Å²) in [5, 5.41) is 54.1. The van der Waals surface area contributed by atoms with Crippen LogP contribution in [-0.4, -0.2) is 61.8 Å². The molecule has 4 rings (SSSR count). The van der Waals surface area contributed by atoms with Crippen molar-refractivity contribution in [1.29, 1.82) is 0 Å². The lowest BCUT2D eigenvalue weighted by Gasteiger charge is -2.64. The fourth-order valence-electron chi connectivity index (χ4n) is 9.24. The van der Waals surface area contributed by atoms with E-state index in [1.807, 2.05) is 0 Å². The normalized spacial score (nSPS) is 51.6. The van der Waals surface area contributed by atoms with Gasteiger partial charge < -0.3 is 25.5 Å². The number of carbonyl (C=O) groups excluding carboxylic acids is 1. The van der Waals surface area contributed by atoms with Crippen LogP contribution in [0.3, 0.4) is 0 Å². The maximum absolute atomic E-state index is 13.5. The van der Waals surface area contributed by atoms with Gasteiger partial charge in [-0.3, -0.25) is 4.79 Å². The average Bonchev–Trinajstić information content (AvgIpc) is 2.99. The molecule has 0 radical (unpaired) electrons. The molecule has 190 valence electrons. The molecule has 4 fully saturated rings. The van der Waals surface area contributed by atoms with Crippen LogP contribution >= 0.6 is 0 Å². The SMILES string of the molecule is CC(C)C[C@H](O)C[C@@H](C)[C@H]1CC(=O)[C@@H]2[C@@H]3[C@@H](O)[C@H](O)[C@H]4[C@H](O)[C@@H](O)CC[C@]4(C)[C@H]3CC[C@]12C. The van der Waals surface area contributed by atoms with Crippen molar-refractivity contribution in [3.05, 3.63) is 0 Å². The van der Waals surface area contributed by atoms with Crippen molar-refractivity contribution in [3.8, 4) is 0 Å². The van der Waals surface area contributed by atoms with Gasteiger partial charge in [-0.2, -0.15) is 0 Å². The molecule has 6 heteroatoms. The standard InChI is InChI=1S/C27H46O6/c1-13(2)10-15(28)11-14(3)17-12-19(30)21-20-16(6-8-27(17,21)5)26(4)9-7-18(29)23(31)22(26)25(33)24(20)32/h13-18,20-25,28-29,31-33H,6-12H2,1-5H3/t14-,15+,16+,17-,18+,20-,21-,22-,23-,24-,25-,26-,27-/m1/s1. The highest BCUT2D eigenvalue weighted by Crippen LogP contribution is 2.67. The third kappa shape index (κ3) is 3.92. The summed E-state index contributed by atoms with van der Waals surface area (Å²) < 4.78 is 0. The number of aliphatic hydroxyl groups is 5. The Bertz CT molecular complexity index is 740. The second-order valence-electron chi connectivity index (χ2n) is 13.1. The first-order valence-corrected chi connectivity index (χ1v) is 13.3. The van der Waals surface area contributed by atoms with E-state index in [2.05, 4.69) is 34.6 Å². The minimum absolute atomic E-state index is 0.0330. The smallest absolute Gasteiger partial charge is 0.137 e. The molecule has 0 aliphatic heterocycles. The van der Waals surface area contributed by atoms with Gasteiger partial charge >= 0.3 is 0 Å². The fraction of sp³-hybridized carbons (Fsp3) is 0.963. The van der Waals surface area contributed by atoms with Gasteiger partial charge in [0.15, 0.2) is 0 Å². The van der Waals surface area contributed by atoms with Gasteiger partial charge in [-0.05, 0) is 73.0 Å². The van der Waals surface area contributed by atoms with Gasteiger partial charge in [-0.1, -0.05) is 34.6 Å². The van der Waals surface area contributed by atoms with E-state index in [-0.39, 0.29) is 46.9 Å². The van der Waals surface area contributed by atoms with Crippen molar-refractivity contribution in [2.24, 2.45) is 52.3 Å². The van der Waals surface area contributed by atoms with Crippen molar-refractivity contribution in [3.63, 3.8) is 0 Å². The zero-order valence-electron chi connectivity index (χ0n) is 21.0. The Balaban J connectivity index is 1.62. The van der Waals surface area contributed by atoms with E-state index < -0.39 is 35.7 Å². The number of ketones is 1. The number of carbonyl (C=O) groups is 1. The minimum atomic E-state index is -1.15. The summed E-state index contributed by atoms with van der Waals surface area (Å²) in [7, 11) is 0. The highest BCUT2D eigenvalue weighted by atomic mass is 16.3. The molecule has 0 unspecified atom stereocenters. The lowest BCUT2D eigenvalue weighted by Crippen LogP contribution is -2.68. The monoisotopic (exact) mass is 466 g/mol. The Labute approximate surface area is 198 Å². The first-order valence-electron chi connectivity index (χ1n) is 13.3. The van der Waals surface area contributed by atoms with E-state index in [0.29, 0.717) is 31.6 Å². The molecule has 0 spiro atoms. The summed E-state index contributed by atoms with van der Waals surface area (Å²) >= 11 is 0. The quantitative estimate of drug-likeness (QED) is 0.425. The molecular formula is C27H46O6. The number of rotatable bonds is 5. The van der Waals surface area contributed by atoms with Gasteiger partial charge in [-0.25, -0.2) is 0 Å². The summed E-state index contributed by atoms with van der Waals surface area (Å²) in [4.78, 5) is 13.5. The van der Waals surface area contributed by atoms with Crippen LogP contribution in [0.25, 0.3) is 0 Å². The van der Waals surface area contributed by atoms with Crippen LogP contribution in [0.4, 0.5) is 0 Å². The Morgan fingerprint density at radius 3 is 2.18 bits per heavy atom. The highest BCUT2D eigenvalue weighted by molar-refractivity contribution is 5.85. The maximum atomic E-state index is 13.5. The van der Waals surface area contributed by atoms with Crippen LogP contribution in [0.2, 0.25) is 0 Å². The Morgan fingerprint density at radius 1 is 0.909 bits per heavy atom. The van der Waals surface area contributed by atoms with Crippen molar-refractivity contribution in [2.45, 2.75) is 110 Å². The summed E-state index contributed by atoms with van der Waals surface area (Å²) in [5.41, 5.74) is -0.674. The number of hydrogen-bond donors (Lipinski definition) is 5. The lowest BCUT2D eigenvalue weighted by molar-refractivity contribution is -0.249. The van der Waals surface area contributed by atoms with Crippen LogP contribution in [0, 0.1) is 52.3 Å². The van der Waals surface area contributed by atoms with Crippen LogP contribution in [0.1, 0.15) is 79.6 Å². The predicted octanol–water partition coefficient (Wildman–Crippen LogP) is 2.53. The molecule has 5 N–H and O–H groups in total. The summed E-state index contributed by atoms with van der Waals surface area (Å²) in [5.74, 6) is -0.212. The number of Topliss-reactive ketones (excluding diaryl/α,β-unsaturated/α-hetero) is 1. The third-order valence-electron chi connectivity index (χ3n) is 10.7. The molecule has 6 nitrogen and oxygen atoms in total. The second-order valence-corrected chi connectivity index (χ2v) is 13.1. The molecule has 4 aliphatic rings. The van der Waals surface area contributed by atoms with E-state index in [9.17, 15) is 30.3 Å². The van der Waals surface area contributed by atoms with Crippen molar-refractivity contribution >= 4 is 5.78 Å². The minimum Gasteiger partial charge on any atom is -0.393 e. The van der Waals surface area contributed by atoms with E-state index >= 15 is 0 Å². The summed E-state index contributed by atoms with van der Waals surface area (Å²) in [6.45, 7) is 10.7. The molecule has 0 amide bonds. The van der Waals surface area contributed by atoms with Crippen LogP contribution in [0.5, 0.6) is 0 Å². The summed E-state index contributed by atoms with van der Waals surface area (Å²) in [6, 6.07) is 0. The lowest BCUT2D eigenvalue weighted by atomic mass is 9.42. The van der Waals surface area contributed by atoms with E-state index in [4.69, 9.17) is 0 Å². The molecule has 13 atom stereocenters. The molecule has 0 heterocycles. The van der Waals surface area contributed by atoms with Gasteiger partial charge in [0.2, 0.25) is 0 Å². The highest BCUT2D eigenvalue weighted by Gasteiger charge is 2.68. The van der Waals surface area contributed by atoms with Gasteiger partial charge in [0.25, 0.3) is 0 Å². The molecule has 0 saturated heterocycles. The Kier molecular flexibility index (Phi) is 6.85. The first kappa shape index (κ1) is 25.6. The van der Waals surface area contributed by atoms with E-state index in [0.717, 1.165) is 19.3 Å². The molecule has 0 aromatic carbocycles. The van der Waals surface area contributed by atoms with Gasteiger partial charge in [0.05, 0.1) is 30.5 Å². The van der Waals surface area contributed by atoms with Gasteiger partial charge in [-0.15, -0.1) is 0 Å². The zero-order valence-corrected chi connectivity index (χ0v) is 21.0. The van der Waals surface area contributed by atoms with Crippen molar-refractivity contribution < 1.29 is 30.3 Å².